The van der Waals surface area contributed by atoms with Gasteiger partial charge in [-0.3, -0.25) is 9.59 Å². The van der Waals surface area contributed by atoms with Crippen LogP contribution < -0.4 is 37.9 Å². The maximum atomic E-state index is 14.5. The predicted octanol–water partition coefficient (Wildman–Crippen LogP) is 36.3. The molecule has 0 unspecified atom stereocenters. The van der Waals surface area contributed by atoms with E-state index in [1.807, 2.05) is 0 Å². The van der Waals surface area contributed by atoms with Crippen LogP contribution in [0, 0.1) is 0 Å². The molecule has 4 rings (SSSR count). The fourth-order valence-corrected chi connectivity index (χ4v) is 17.3. The zero-order valence-electron chi connectivity index (χ0n) is 84.7. The fraction of sp³-hybridized carbons (Fsp3) is 0.726. The van der Waals surface area contributed by atoms with Crippen molar-refractivity contribution in [3.8, 4) is 57.5 Å². The lowest BCUT2D eigenvalue weighted by atomic mass is 10.1. The highest BCUT2D eigenvalue weighted by Gasteiger charge is 2.25. The van der Waals surface area contributed by atoms with Crippen LogP contribution in [-0.4, -0.2) is 73.4 Å². The standard InChI is InChI=1S/C117H192O14/c1-7-13-19-25-31-37-43-49-55-61-67-73-87-124-110-95-102(96-111(125-88-74-68-62-56-50-44-38-32-26-20-14-8-2)114(110)128-91-77-71-65-59-53-47-41-35-29-23-17-11-5)116(122)130-108-93-100(81-85-106(108)120)79-83-104(118)99-105(119)84-80-101-82-86-107(121)109(94-101)131-117(123)103-97-112(126-89-75-69-63-57-51-45-39-33-27-21-15-9-3)115(129-92-78-72-66-60-54-48-42-36-30-24-18-12-6)113(98-103)127-90-76-70-64-58-52-46-40-34-28-22-16-10-4/h79-86,93-98,120-121H,7-78,87-92,99H2,1-6H3/b83-79+,84-80+. The zero-order chi connectivity index (χ0) is 93.8. The first-order valence-electron chi connectivity index (χ1n) is 55.1. The number of hydrogen-bond donors (Lipinski definition) is 2. The van der Waals surface area contributed by atoms with Gasteiger partial charge in [-0.1, -0.05) is 490 Å². The lowest BCUT2D eigenvalue weighted by Gasteiger charge is -2.19. The number of carbonyl (C=O) groups excluding carboxylic acids is 4. The van der Waals surface area contributed by atoms with Crippen LogP contribution in [0.1, 0.15) is 542 Å². The van der Waals surface area contributed by atoms with Crippen molar-refractivity contribution < 1.29 is 67.3 Å². The Morgan fingerprint density at radius 3 is 0.588 bits per heavy atom. The molecule has 0 radical (unpaired) electrons. The molecule has 4 aromatic carbocycles. The van der Waals surface area contributed by atoms with E-state index in [2.05, 4.69) is 41.5 Å². The van der Waals surface area contributed by atoms with Gasteiger partial charge in [-0.25, -0.2) is 9.59 Å². The highest BCUT2D eigenvalue weighted by Crippen LogP contribution is 2.43. The fourth-order valence-electron chi connectivity index (χ4n) is 17.3. The van der Waals surface area contributed by atoms with E-state index in [0.717, 1.165) is 116 Å². The zero-order valence-corrected chi connectivity index (χ0v) is 84.7. The van der Waals surface area contributed by atoms with E-state index in [4.69, 9.17) is 37.9 Å². The van der Waals surface area contributed by atoms with Gasteiger partial charge in [-0.05, 0) is 110 Å². The summed E-state index contributed by atoms with van der Waals surface area (Å²) in [6.45, 7) is 16.3. The molecule has 2 N–H and O–H groups in total. The molecule has 0 heterocycles. The number of phenolic OH excluding ortho intramolecular Hbond substituents is 2. The minimum Gasteiger partial charge on any atom is -0.504 e. The Morgan fingerprint density at radius 2 is 0.397 bits per heavy atom. The second-order valence-corrected chi connectivity index (χ2v) is 38.0. The largest absolute Gasteiger partial charge is 0.504 e. The van der Waals surface area contributed by atoms with Crippen LogP contribution in [0.25, 0.3) is 12.2 Å². The van der Waals surface area contributed by atoms with Crippen LogP contribution in [0.4, 0.5) is 0 Å². The van der Waals surface area contributed by atoms with Gasteiger partial charge in [0, 0.05) is 0 Å². The second kappa shape index (κ2) is 83.6. The lowest BCUT2D eigenvalue weighted by molar-refractivity contribution is -0.121. The summed E-state index contributed by atoms with van der Waals surface area (Å²) in [6, 6.07) is 15.6. The third-order valence-corrected chi connectivity index (χ3v) is 25.7. The Bertz CT molecular complexity index is 3170. The highest BCUT2D eigenvalue weighted by atomic mass is 16.6. The van der Waals surface area contributed by atoms with Crippen molar-refractivity contribution >= 4 is 35.7 Å². The van der Waals surface area contributed by atoms with Crippen molar-refractivity contribution in [2.24, 2.45) is 0 Å². The minimum atomic E-state index is -0.735. The van der Waals surface area contributed by atoms with Crippen LogP contribution in [0.15, 0.2) is 72.8 Å². The molecule has 0 amide bonds. The summed E-state index contributed by atoms with van der Waals surface area (Å²) in [6.07, 6.45) is 93.5. The quantitative estimate of drug-likeness (QED) is 0.0140. The summed E-state index contributed by atoms with van der Waals surface area (Å²) in [5, 5.41) is 22.4. The maximum absolute atomic E-state index is 14.5. The molecular weight excluding hydrogens is 1630 g/mol. The summed E-state index contributed by atoms with van der Waals surface area (Å²) in [5.74, 6) is -0.567. The Balaban J connectivity index is 1.51. The second-order valence-electron chi connectivity index (χ2n) is 38.0. The van der Waals surface area contributed by atoms with E-state index < -0.39 is 29.9 Å². The van der Waals surface area contributed by atoms with Gasteiger partial charge < -0.3 is 48.1 Å². The number of esters is 2. The average Bonchev–Trinajstić information content (AvgIpc) is 0.811. The lowest BCUT2D eigenvalue weighted by Crippen LogP contribution is -2.12. The number of aromatic hydroxyl groups is 2. The number of ether oxygens (including phenoxy) is 8. The van der Waals surface area contributed by atoms with Gasteiger partial charge in [-0.15, -0.1) is 0 Å². The first-order valence-corrected chi connectivity index (χ1v) is 55.1. The molecule has 0 atom stereocenters. The van der Waals surface area contributed by atoms with Crippen LogP contribution >= 0.6 is 0 Å². The van der Waals surface area contributed by atoms with Gasteiger partial charge in [0.1, 0.15) is 0 Å². The van der Waals surface area contributed by atoms with Gasteiger partial charge in [-0.2, -0.15) is 0 Å². The highest BCUT2D eigenvalue weighted by molar-refractivity contribution is 6.11. The third-order valence-electron chi connectivity index (χ3n) is 25.7. The Morgan fingerprint density at radius 1 is 0.221 bits per heavy atom. The van der Waals surface area contributed by atoms with E-state index in [1.54, 1.807) is 36.4 Å². The molecule has 14 nitrogen and oxygen atoms in total. The number of allylic oxidation sites excluding steroid dienone is 2. The first-order chi connectivity index (χ1) is 64.4. The smallest absolute Gasteiger partial charge is 0.343 e. The number of hydrogen-bond acceptors (Lipinski definition) is 14. The first kappa shape index (κ1) is 116. The molecule has 0 aliphatic carbocycles. The summed E-state index contributed by atoms with van der Waals surface area (Å²) in [4.78, 5) is 56.1. The summed E-state index contributed by atoms with van der Waals surface area (Å²) < 4.78 is 51.8. The van der Waals surface area contributed by atoms with Crippen molar-refractivity contribution in [2.45, 2.75) is 510 Å². The van der Waals surface area contributed by atoms with E-state index in [9.17, 15) is 29.4 Å². The monoisotopic (exact) mass is 1820 g/mol. The molecule has 0 aliphatic heterocycles. The van der Waals surface area contributed by atoms with Gasteiger partial charge >= 0.3 is 11.9 Å². The van der Waals surface area contributed by atoms with E-state index in [-0.39, 0.29) is 34.1 Å². The number of benzene rings is 4. The Kier molecular flexibility index (Phi) is 74.3. The van der Waals surface area contributed by atoms with E-state index in [1.165, 1.54) is 395 Å². The normalized spacial score (nSPS) is 11.5. The van der Waals surface area contributed by atoms with E-state index in [0.29, 0.717) is 85.3 Å². The number of carbonyl (C=O) groups is 4. The summed E-state index contributed by atoms with van der Waals surface area (Å²) in [5.41, 5.74) is 1.24. The molecule has 0 fully saturated rings. The molecule has 4 aromatic rings. The molecule has 0 aliphatic rings. The van der Waals surface area contributed by atoms with E-state index >= 15 is 0 Å². The topological polar surface area (TPSA) is 183 Å². The van der Waals surface area contributed by atoms with Crippen molar-refractivity contribution in [3.05, 3.63) is 95.1 Å². The molecule has 0 saturated heterocycles. The molecule has 14 heteroatoms. The van der Waals surface area contributed by atoms with Gasteiger partial charge in [0.15, 0.2) is 57.6 Å². The van der Waals surface area contributed by atoms with Gasteiger partial charge in [0.25, 0.3) is 0 Å². The molecule has 0 bridgehead atoms. The maximum Gasteiger partial charge on any atom is 0.343 e. The number of rotatable bonds is 94. The summed E-state index contributed by atoms with van der Waals surface area (Å²) in [7, 11) is 0. The van der Waals surface area contributed by atoms with Crippen molar-refractivity contribution in [1.29, 1.82) is 0 Å². The Labute approximate surface area is 800 Å². The predicted molar refractivity (Wildman–Crippen MR) is 551 cm³/mol. The van der Waals surface area contributed by atoms with Crippen LogP contribution in [0.5, 0.6) is 57.5 Å². The van der Waals surface area contributed by atoms with Crippen LogP contribution in [-0.2, 0) is 9.59 Å². The molecule has 0 aromatic heterocycles. The summed E-state index contributed by atoms with van der Waals surface area (Å²) >= 11 is 0. The van der Waals surface area contributed by atoms with Crippen LogP contribution in [0.3, 0.4) is 0 Å². The minimum absolute atomic E-state index is 0.117. The molecule has 744 valence electrons. The molecule has 0 saturated carbocycles. The average molecular weight is 1820 g/mol. The SMILES string of the molecule is CCCCCCCCCCCCCCOc1cc(C(=O)Oc2cc(/C=C/C(=O)CC(=O)/C=C/c3ccc(O)c(OC(=O)c4cc(OCCCCCCCCCCCCCC)c(OCCCCCCCCCCCCCC)c(OCCCCCCCCCCCCCC)c4)c3)ccc2O)cc(OCCCCCCCCCCCCCC)c1OCCCCCCCCCCCCCC. The number of phenols is 2. The van der Waals surface area contributed by atoms with Crippen molar-refractivity contribution in [1.82, 2.24) is 0 Å². The van der Waals surface area contributed by atoms with Crippen LogP contribution in [0.2, 0.25) is 0 Å². The van der Waals surface area contributed by atoms with Gasteiger partial charge in [0.05, 0.1) is 57.2 Å². The molecule has 131 heavy (non-hydrogen) atoms. The Hall–Kier alpha value is -6.96. The third kappa shape index (κ3) is 61.6. The number of unbranched alkanes of at least 4 members (excludes halogenated alkanes) is 66. The molecular formula is C117H192O14. The molecule has 0 spiro atoms. The van der Waals surface area contributed by atoms with Crippen molar-refractivity contribution in [3.63, 3.8) is 0 Å². The van der Waals surface area contributed by atoms with Gasteiger partial charge in [0.2, 0.25) is 11.5 Å². The number of ketones is 2. The van der Waals surface area contributed by atoms with Crippen molar-refractivity contribution in [2.75, 3.05) is 39.6 Å².